The monoisotopic (exact) mass is 177 g/mol. The summed E-state index contributed by atoms with van der Waals surface area (Å²) in [4.78, 5) is 0. The number of benzene rings is 1. The molecule has 0 amide bonds. The third-order valence-corrected chi connectivity index (χ3v) is 4.03. The Balaban J connectivity index is 3.18. The molecule has 0 aliphatic heterocycles. The van der Waals surface area contributed by atoms with E-state index in [4.69, 9.17) is 0 Å². The van der Waals surface area contributed by atoms with E-state index in [0.29, 0.717) is 0 Å². The van der Waals surface area contributed by atoms with Gasteiger partial charge >= 0.3 is 0 Å². The Morgan fingerprint density at radius 3 is 1.75 bits per heavy atom. The van der Waals surface area contributed by atoms with Crippen molar-refractivity contribution in [3.63, 3.8) is 0 Å². The molecule has 1 radical (unpaired) electrons. The first-order valence-corrected chi connectivity index (χ1v) is 7.90. The summed E-state index contributed by atoms with van der Waals surface area (Å²) < 4.78 is 0. The van der Waals surface area contributed by atoms with Crippen molar-refractivity contribution < 1.29 is 0 Å². The molecule has 0 unspecified atom stereocenters. The van der Waals surface area contributed by atoms with Gasteiger partial charge in [0.15, 0.2) is 0 Å². The van der Waals surface area contributed by atoms with Crippen LogP contribution >= 0.6 is 0 Å². The van der Waals surface area contributed by atoms with Gasteiger partial charge in [-0.2, -0.15) is 0 Å². The molecule has 0 saturated heterocycles. The van der Waals surface area contributed by atoms with Gasteiger partial charge in [-0.1, -0.05) is 37.0 Å². The van der Waals surface area contributed by atoms with E-state index in [-0.39, 0.29) is 0 Å². The maximum atomic E-state index is 3.30. The lowest BCUT2D eigenvalue weighted by Gasteiger charge is -2.17. The molecule has 0 nitrogen and oxygen atoms in total. The van der Waals surface area contributed by atoms with Gasteiger partial charge in [-0.05, 0) is 31.0 Å². The average Bonchev–Trinajstić information content (AvgIpc) is 1.82. The molecule has 1 heteroatoms. The van der Waals surface area contributed by atoms with Crippen LogP contribution < -0.4 is 5.19 Å². The molecule has 0 aliphatic rings. The zero-order valence-electron chi connectivity index (χ0n) is 8.65. The number of hydrogen-bond donors (Lipinski definition) is 0. The van der Waals surface area contributed by atoms with E-state index in [1.54, 1.807) is 0 Å². The Morgan fingerprint density at radius 2 is 1.42 bits per heavy atom. The van der Waals surface area contributed by atoms with Crippen LogP contribution in [-0.4, -0.2) is 8.07 Å². The molecule has 1 aromatic rings. The molecule has 12 heavy (non-hydrogen) atoms. The predicted molar refractivity (Wildman–Crippen MR) is 57.7 cm³/mol. The zero-order chi connectivity index (χ0) is 9.35. The summed E-state index contributed by atoms with van der Waals surface area (Å²) in [5.74, 6) is 0. The molecule has 0 bridgehead atoms. The molecular weight excluding hydrogens is 160 g/mol. The molecule has 1 aromatic carbocycles. The third kappa shape index (κ3) is 2.21. The van der Waals surface area contributed by atoms with E-state index in [1.807, 2.05) is 0 Å². The van der Waals surface area contributed by atoms with Gasteiger partial charge in [-0.25, -0.2) is 0 Å². The fourth-order valence-corrected chi connectivity index (χ4v) is 2.62. The molecule has 0 aliphatic carbocycles. The first kappa shape index (κ1) is 9.52. The largest absolute Gasteiger partial charge is 0.0776 e. The minimum atomic E-state index is -1.12. The molecule has 1 rings (SSSR count). The van der Waals surface area contributed by atoms with Crippen molar-refractivity contribution in [1.82, 2.24) is 0 Å². The van der Waals surface area contributed by atoms with Crippen molar-refractivity contribution >= 4 is 13.3 Å². The van der Waals surface area contributed by atoms with Gasteiger partial charge in [0, 0.05) is 0 Å². The van der Waals surface area contributed by atoms with Crippen LogP contribution in [0, 0.1) is 19.9 Å². The first-order chi connectivity index (χ1) is 5.39. The Morgan fingerprint density at radius 1 is 1.00 bits per heavy atom. The number of aryl methyl sites for hydroxylation is 2. The molecule has 0 atom stereocenters. The summed E-state index contributed by atoms with van der Waals surface area (Å²) >= 11 is 0. The van der Waals surface area contributed by atoms with Crippen molar-refractivity contribution in [3.8, 4) is 0 Å². The normalized spacial score (nSPS) is 11.8. The van der Waals surface area contributed by atoms with Crippen LogP contribution in [0.25, 0.3) is 0 Å². The van der Waals surface area contributed by atoms with Crippen LogP contribution in [-0.2, 0) is 0 Å². The highest BCUT2D eigenvalue weighted by atomic mass is 28.3. The molecule has 65 valence electrons. The quantitative estimate of drug-likeness (QED) is 0.579. The van der Waals surface area contributed by atoms with Gasteiger partial charge in [0.25, 0.3) is 0 Å². The lowest BCUT2D eigenvalue weighted by atomic mass is 10.2. The third-order valence-electron chi connectivity index (χ3n) is 2.00. The standard InChI is InChI=1S/C11H17Si/c1-9-6-10(2)8-11(7-9)12(3,4)5/h7-8H,1-5H3. The number of rotatable bonds is 1. The SMILES string of the molecule is Cc1[c]c(C)cc([Si](C)(C)C)c1. The summed E-state index contributed by atoms with van der Waals surface area (Å²) in [7, 11) is -1.12. The smallest absolute Gasteiger partial charge is 0.0656 e. The van der Waals surface area contributed by atoms with Crippen molar-refractivity contribution in [2.45, 2.75) is 33.5 Å². The van der Waals surface area contributed by atoms with E-state index in [0.717, 1.165) is 0 Å². The average molecular weight is 177 g/mol. The van der Waals surface area contributed by atoms with Gasteiger partial charge in [0.2, 0.25) is 0 Å². The van der Waals surface area contributed by atoms with E-state index in [1.165, 1.54) is 16.3 Å². The highest BCUT2D eigenvalue weighted by Gasteiger charge is 2.16. The molecule has 0 N–H and O–H groups in total. The minimum Gasteiger partial charge on any atom is -0.0656 e. The second-order valence-electron chi connectivity index (χ2n) is 4.49. The summed E-state index contributed by atoms with van der Waals surface area (Å²) in [6, 6.07) is 7.86. The second-order valence-corrected chi connectivity index (χ2v) is 9.56. The Kier molecular flexibility index (Phi) is 2.43. The highest BCUT2D eigenvalue weighted by Crippen LogP contribution is 2.06. The molecule has 0 aromatic heterocycles. The summed E-state index contributed by atoms with van der Waals surface area (Å²) in [5, 5.41) is 1.54. The maximum Gasteiger partial charge on any atom is 0.0776 e. The fourth-order valence-electron chi connectivity index (χ4n) is 1.32. The summed E-state index contributed by atoms with van der Waals surface area (Å²) in [6.45, 7) is 11.4. The maximum absolute atomic E-state index is 3.30. The summed E-state index contributed by atoms with van der Waals surface area (Å²) in [5.41, 5.74) is 2.54. The lowest BCUT2D eigenvalue weighted by molar-refractivity contribution is 1.38. The van der Waals surface area contributed by atoms with Crippen LogP contribution in [0.2, 0.25) is 19.6 Å². The van der Waals surface area contributed by atoms with Crippen molar-refractivity contribution in [2.24, 2.45) is 0 Å². The minimum absolute atomic E-state index is 1.12. The van der Waals surface area contributed by atoms with E-state index in [2.05, 4.69) is 51.7 Å². The van der Waals surface area contributed by atoms with Crippen molar-refractivity contribution in [2.75, 3.05) is 0 Å². The van der Waals surface area contributed by atoms with E-state index < -0.39 is 8.07 Å². The van der Waals surface area contributed by atoms with Gasteiger partial charge in [-0.3, -0.25) is 0 Å². The van der Waals surface area contributed by atoms with Crippen LogP contribution in [0.4, 0.5) is 0 Å². The summed E-state index contributed by atoms with van der Waals surface area (Å²) in [6.07, 6.45) is 0. The van der Waals surface area contributed by atoms with Gasteiger partial charge in [-0.15, -0.1) is 0 Å². The van der Waals surface area contributed by atoms with E-state index >= 15 is 0 Å². The van der Waals surface area contributed by atoms with Crippen molar-refractivity contribution in [1.29, 1.82) is 0 Å². The van der Waals surface area contributed by atoms with Gasteiger partial charge in [0.05, 0.1) is 8.07 Å². The zero-order valence-corrected chi connectivity index (χ0v) is 9.65. The van der Waals surface area contributed by atoms with Crippen LogP contribution in [0.3, 0.4) is 0 Å². The Hall–Kier alpha value is -0.563. The van der Waals surface area contributed by atoms with Crippen LogP contribution in [0.1, 0.15) is 11.1 Å². The molecular formula is C11H17Si. The van der Waals surface area contributed by atoms with Crippen LogP contribution in [0.15, 0.2) is 12.1 Å². The highest BCUT2D eigenvalue weighted by molar-refractivity contribution is 6.88. The number of hydrogen-bond acceptors (Lipinski definition) is 0. The Bertz CT molecular complexity index is 261. The molecule has 0 spiro atoms. The Labute approximate surface area is 76.6 Å². The van der Waals surface area contributed by atoms with Crippen LogP contribution in [0.5, 0.6) is 0 Å². The van der Waals surface area contributed by atoms with E-state index in [9.17, 15) is 0 Å². The fraction of sp³-hybridized carbons (Fsp3) is 0.455. The second kappa shape index (κ2) is 3.06. The molecule has 0 heterocycles. The van der Waals surface area contributed by atoms with Gasteiger partial charge < -0.3 is 0 Å². The first-order valence-electron chi connectivity index (χ1n) is 4.40. The van der Waals surface area contributed by atoms with Gasteiger partial charge in [0.1, 0.15) is 0 Å². The topological polar surface area (TPSA) is 0 Å². The molecule has 0 saturated carbocycles. The lowest BCUT2D eigenvalue weighted by Crippen LogP contribution is -2.37. The molecule has 0 fully saturated rings. The predicted octanol–water partition coefficient (Wildman–Crippen LogP) is 2.65. The van der Waals surface area contributed by atoms with Crippen molar-refractivity contribution in [3.05, 3.63) is 29.3 Å².